The minimum Gasteiger partial charge on any atom is -0.385 e. The first-order chi connectivity index (χ1) is 9.67. The summed E-state index contributed by atoms with van der Waals surface area (Å²) in [6.07, 6.45) is 4.12. The Bertz CT molecular complexity index is 580. The highest BCUT2D eigenvalue weighted by atomic mass is 32.2. The molecule has 0 radical (unpaired) electrons. The molecule has 6 heteroatoms. The van der Waals surface area contributed by atoms with E-state index < -0.39 is 10.2 Å². The van der Waals surface area contributed by atoms with Gasteiger partial charge in [0.15, 0.2) is 0 Å². The van der Waals surface area contributed by atoms with Gasteiger partial charge in [-0.1, -0.05) is 18.2 Å². The van der Waals surface area contributed by atoms with Crippen molar-refractivity contribution in [1.82, 2.24) is 9.03 Å². The molecule has 2 aliphatic heterocycles. The van der Waals surface area contributed by atoms with E-state index in [1.807, 2.05) is 12.1 Å². The molecule has 0 aromatic heterocycles. The predicted octanol–water partition coefficient (Wildman–Crippen LogP) is 1.47. The third-order valence-electron chi connectivity index (χ3n) is 4.01. The van der Waals surface area contributed by atoms with Crippen molar-refractivity contribution < 1.29 is 8.42 Å². The number of anilines is 1. The average Bonchev–Trinajstić information content (AvgIpc) is 3.00. The molecule has 0 bridgehead atoms. The van der Waals surface area contributed by atoms with Gasteiger partial charge in [0.1, 0.15) is 0 Å². The van der Waals surface area contributed by atoms with Crippen LogP contribution in [-0.2, 0) is 23.2 Å². The Morgan fingerprint density at radius 1 is 1.20 bits per heavy atom. The van der Waals surface area contributed by atoms with Crippen molar-refractivity contribution in [2.24, 2.45) is 0 Å². The van der Waals surface area contributed by atoms with Crippen LogP contribution in [0.5, 0.6) is 0 Å². The lowest BCUT2D eigenvalue weighted by molar-refractivity contribution is 0.464. The molecule has 110 valence electrons. The van der Waals surface area contributed by atoms with E-state index in [9.17, 15) is 8.42 Å². The minimum absolute atomic E-state index is 0.356. The molecule has 0 amide bonds. The Morgan fingerprint density at radius 3 is 2.80 bits per heavy atom. The van der Waals surface area contributed by atoms with Gasteiger partial charge in [-0.25, -0.2) is 0 Å². The first-order valence-corrected chi connectivity index (χ1v) is 8.70. The zero-order valence-corrected chi connectivity index (χ0v) is 12.4. The van der Waals surface area contributed by atoms with Gasteiger partial charge < -0.3 is 5.32 Å². The second-order valence-corrected chi connectivity index (χ2v) is 7.17. The quantitative estimate of drug-likeness (QED) is 0.884. The molecule has 1 aromatic carbocycles. The van der Waals surface area contributed by atoms with E-state index in [1.54, 1.807) is 0 Å². The normalized spacial score (nSPS) is 19.6. The van der Waals surface area contributed by atoms with Gasteiger partial charge in [0.25, 0.3) is 10.2 Å². The highest BCUT2D eigenvalue weighted by Gasteiger charge is 2.25. The smallest absolute Gasteiger partial charge is 0.279 e. The second kappa shape index (κ2) is 5.71. The Labute approximate surface area is 120 Å². The fraction of sp³-hybridized carbons (Fsp3) is 0.571. The molecule has 3 rings (SSSR count). The lowest BCUT2D eigenvalue weighted by Gasteiger charge is -2.22. The SMILES string of the molecule is O=S(=O)(NCc1cccc2c1NCCC2)N1CCCC1. The van der Waals surface area contributed by atoms with E-state index in [0.717, 1.165) is 43.5 Å². The lowest BCUT2D eigenvalue weighted by atomic mass is 9.99. The summed E-state index contributed by atoms with van der Waals surface area (Å²) < 4.78 is 28.6. The summed E-state index contributed by atoms with van der Waals surface area (Å²) in [6.45, 7) is 2.60. The van der Waals surface area contributed by atoms with E-state index >= 15 is 0 Å². The molecule has 0 spiro atoms. The van der Waals surface area contributed by atoms with Gasteiger partial charge in [0.2, 0.25) is 0 Å². The van der Waals surface area contributed by atoms with Crippen molar-refractivity contribution in [2.45, 2.75) is 32.2 Å². The fourth-order valence-corrected chi connectivity index (χ4v) is 4.18. The van der Waals surface area contributed by atoms with E-state index in [4.69, 9.17) is 0 Å². The lowest BCUT2D eigenvalue weighted by Crippen LogP contribution is -2.38. The van der Waals surface area contributed by atoms with Crippen LogP contribution in [0.4, 0.5) is 5.69 Å². The summed E-state index contributed by atoms with van der Waals surface area (Å²) in [7, 11) is -3.33. The number of benzene rings is 1. The van der Waals surface area contributed by atoms with E-state index in [-0.39, 0.29) is 0 Å². The average molecular weight is 295 g/mol. The van der Waals surface area contributed by atoms with Crippen LogP contribution < -0.4 is 10.0 Å². The molecule has 2 heterocycles. The molecule has 2 aliphatic rings. The number of para-hydroxylation sites is 1. The third-order valence-corrected chi connectivity index (χ3v) is 5.57. The number of hydrogen-bond acceptors (Lipinski definition) is 3. The zero-order chi connectivity index (χ0) is 14.0. The molecule has 5 nitrogen and oxygen atoms in total. The summed E-state index contributed by atoms with van der Waals surface area (Å²) in [5.74, 6) is 0. The Balaban J connectivity index is 1.72. The van der Waals surface area contributed by atoms with Crippen LogP contribution in [0.15, 0.2) is 18.2 Å². The van der Waals surface area contributed by atoms with Crippen molar-refractivity contribution in [3.63, 3.8) is 0 Å². The van der Waals surface area contributed by atoms with Crippen molar-refractivity contribution in [2.75, 3.05) is 25.0 Å². The summed E-state index contributed by atoms with van der Waals surface area (Å²) in [4.78, 5) is 0. The van der Waals surface area contributed by atoms with Gasteiger partial charge in [-0.05, 0) is 36.8 Å². The summed E-state index contributed by atoms with van der Waals surface area (Å²) in [5, 5.41) is 3.39. The van der Waals surface area contributed by atoms with Crippen molar-refractivity contribution >= 4 is 15.9 Å². The number of nitrogens with one attached hydrogen (secondary N) is 2. The molecule has 20 heavy (non-hydrogen) atoms. The van der Waals surface area contributed by atoms with Gasteiger partial charge >= 0.3 is 0 Å². The first-order valence-electron chi connectivity index (χ1n) is 7.26. The Morgan fingerprint density at radius 2 is 2.00 bits per heavy atom. The number of hydrogen-bond donors (Lipinski definition) is 2. The highest BCUT2D eigenvalue weighted by Crippen LogP contribution is 2.26. The Kier molecular flexibility index (Phi) is 3.96. The topological polar surface area (TPSA) is 61.4 Å². The van der Waals surface area contributed by atoms with Crippen LogP contribution in [0.25, 0.3) is 0 Å². The summed E-state index contributed by atoms with van der Waals surface area (Å²) in [5.41, 5.74) is 3.43. The number of aryl methyl sites for hydroxylation is 1. The van der Waals surface area contributed by atoms with Gasteiger partial charge in [0, 0.05) is 31.9 Å². The Hall–Kier alpha value is -1.11. The van der Waals surface area contributed by atoms with Crippen LogP contribution in [0.2, 0.25) is 0 Å². The summed E-state index contributed by atoms with van der Waals surface area (Å²) >= 11 is 0. The maximum Gasteiger partial charge on any atom is 0.279 e. The van der Waals surface area contributed by atoms with Crippen molar-refractivity contribution in [3.05, 3.63) is 29.3 Å². The van der Waals surface area contributed by atoms with Crippen LogP contribution in [0, 0.1) is 0 Å². The second-order valence-electron chi connectivity index (χ2n) is 5.41. The largest absolute Gasteiger partial charge is 0.385 e. The molecular weight excluding hydrogens is 274 g/mol. The van der Waals surface area contributed by atoms with Gasteiger partial charge in [-0.2, -0.15) is 17.4 Å². The van der Waals surface area contributed by atoms with Crippen LogP contribution >= 0.6 is 0 Å². The molecule has 0 unspecified atom stereocenters. The van der Waals surface area contributed by atoms with E-state index in [1.165, 1.54) is 9.87 Å². The van der Waals surface area contributed by atoms with Crippen LogP contribution in [0.3, 0.4) is 0 Å². The monoisotopic (exact) mass is 295 g/mol. The molecule has 0 atom stereocenters. The van der Waals surface area contributed by atoms with Crippen molar-refractivity contribution in [3.8, 4) is 0 Å². The van der Waals surface area contributed by atoms with Crippen molar-refractivity contribution in [1.29, 1.82) is 0 Å². The zero-order valence-electron chi connectivity index (χ0n) is 11.6. The minimum atomic E-state index is -3.33. The van der Waals surface area contributed by atoms with Gasteiger partial charge in [-0.3, -0.25) is 0 Å². The predicted molar refractivity (Wildman–Crippen MR) is 79.8 cm³/mol. The van der Waals surface area contributed by atoms with Gasteiger partial charge in [-0.15, -0.1) is 0 Å². The fourth-order valence-electron chi connectivity index (χ4n) is 2.92. The maximum absolute atomic E-state index is 12.2. The molecule has 2 N–H and O–H groups in total. The van der Waals surface area contributed by atoms with Crippen LogP contribution in [0.1, 0.15) is 30.4 Å². The number of nitrogens with zero attached hydrogens (tertiary/aromatic N) is 1. The number of fused-ring (bicyclic) bond motifs is 1. The standard InChI is InChI=1S/C14H21N3O2S/c18-20(19,17-9-1-2-10-17)16-11-13-6-3-5-12-7-4-8-15-14(12)13/h3,5-6,15-16H,1-2,4,7-11H2. The van der Waals surface area contributed by atoms with E-state index in [0.29, 0.717) is 19.6 Å². The summed E-state index contributed by atoms with van der Waals surface area (Å²) in [6, 6.07) is 6.11. The van der Waals surface area contributed by atoms with E-state index in [2.05, 4.69) is 16.1 Å². The molecule has 0 saturated carbocycles. The molecular formula is C14H21N3O2S. The molecule has 1 saturated heterocycles. The molecule has 0 aliphatic carbocycles. The van der Waals surface area contributed by atoms with Crippen LogP contribution in [-0.4, -0.2) is 32.4 Å². The molecule has 1 fully saturated rings. The van der Waals surface area contributed by atoms with Gasteiger partial charge in [0.05, 0.1) is 0 Å². The number of rotatable bonds is 4. The molecule has 1 aromatic rings. The first kappa shape index (κ1) is 13.9. The third kappa shape index (κ3) is 2.82. The maximum atomic E-state index is 12.2. The highest BCUT2D eigenvalue weighted by molar-refractivity contribution is 7.87.